The number of unbranched alkanes of at least 4 members (excludes halogenated alkanes) is 25. The lowest BCUT2D eigenvalue weighted by Gasteiger charge is -2.18. The van der Waals surface area contributed by atoms with Crippen LogP contribution in [0.5, 0.6) is 0 Å². The number of rotatable bonds is 43. The zero-order chi connectivity index (χ0) is 41.3. The molecule has 0 spiro atoms. The quantitative estimate of drug-likeness (QED) is 0.0348. The Hall–Kier alpha value is -1.59. The molecule has 0 aliphatic heterocycles. The van der Waals surface area contributed by atoms with E-state index in [0.29, 0.717) is 19.3 Å². The maximum Gasteiger partial charge on any atom is 0.306 e. The Kier molecular flexibility index (Phi) is 40.4. The Labute approximate surface area is 348 Å². The highest BCUT2D eigenvalue weighted by atomic mass is 16.6. The number of hydrogen-bond donors (Lipinski definition) is 0. The predicted molar refractivity (Wildman–Crippen MR) is 238 cm³/mol. The van der Waals surface area contributed by atoms with Crippen molar-refractivity contribution in [1.82, 2.24) is 0 Å². The summed E-state index contributed by atoms with van der Waals surface area (Å²) >= 11 is 0. The standard InChI is InChI=1S/C50H96O6/c1-7-46(6)38-32-26-20-15-17-22-28-34-40-49(52)55-43-47(56-50(53)41-35-29-23-16-14-19-25-31-37-45(4)5)42-54-48(51)39-33-27-21-13-11-9-8-10-12-18-24-30-36-44(2)3/h44-47H,7-43H2,1-6H3/t46?,47-/m0/s1. The van der Waals surface area contributed by atoms with Gasteiger partial charge in [-0.2, -0.15) is 0 Å². The smallest absolute Gasteiger partial charge is 0.306 e. The summed E-state index contributed by atoms with van der Waals surface area (Å²) in [5.41, 5.74) is 0. The van der Waals surface area contributed by atoms with E-state index in [2.05, 4.69) is 41.5 Å². The van der Waals surface area contributed by atoms with E-state index in [4.69, 9.17) is 14.2 Å². The molecule has 0 bridgehead atoms. The first kappa shape index (κ1) is 54.4. The van der Waals surface area contributed by atoms with Crippen LogP contribution in [0.2, 0.25) is 0 Å². The zero-order valence-corrected chi connectivity index (χ0v) is 38.4. The van der Waals surface area contributed by atoms with Crippen LogP contribution in [0.4, 0.5) is 0 Å². The molecule has 0 radical (unpaired) electrons. The lowest BCUT2D eigenvalue weighted by atomic mass is 9.99. The fourth-order valence-electron chi connectivity index (χ4n) is 7.38. The molecule has 0 heterocycles. The third-order valence-electron chi connectivity index (χ3n) is 11.5. The first-order valence-corrected chi connectivity index (χ1v) is 24.6. The van der Waals surface area contributed by atoms with E-state index < -0.39 is 6.10 Å². The molecule has 0 aliphatic carbocycles. The van der Waals surface area contributed by atoms with Crippen molar-refractivity contribution in [2.24, 2.45) is 17.8 Å². The van der Waals surface area contributed by atoms with E-state index in [9.17, 15) is 14.4 Å². The van der Waals surface area contributed by atoms with Gasteiger partial charge in [-0.05, 0) is 37.0 Å². The Morgan fingerprint density at radius 3 is 0.929 bits per heavy atom. The van der Waals surface area contributed by atoms with Crippen molar-refractivity contribution in [2.45, 2.75) is 272 Å². The minimum atomic E-state index is -0.762. The molecule has 0 fully saturated rings. The largest absolute Gasteiger partial charge is 0.462 e. The molecule has 6 heteroatoms. The van der Waals surface area contributed by atoms with Crippen LogP contribution >= 0.6 is 0 Å². The van der Waals surface area contributed by atoms with Gasteiger partial charge in [-0.3, -0.25) is 14.4 Å². The van der Waals surface area contributed by atoms with Gasteiger partial charge in [0.25, 0.3) is 0 Å². The van der Waals surface area contributed by atoms with Gasteiger partial charge in [0.05, 0.1) is 0 Å². The second-order valence-corrected chi connectivity index (χ2v) is 18.3. The normalized spacial score (nSPS) is 12.6. The molecule has 0 saturated heterocycles. The van der Waals surface area contributed by atoms with Crippen molar-refractivity contribution in [1.29, 1.82) is 0 Å². The highest BCUT2D eigenvalue weighted by Crippen LogP contribution is 2.18. The molecule has 2 atom stereocenters. The maximum atomic E-state index is 12.7. The van der Waals surface area contributed by atoms with Crippen molar-refractivity contribution in [3.63, 3.8) is 0 Å². The van der Waals surface area contributed by atoms with Gasteiger partial charge >= 0.3 is 17.9 Å². The summed E-state index contributed by atoms with van der Waals surface area (Å²) in [4.78, 5) is 37.8. The molecule has 332 valence electrons. The Bertz CT molecular complexity index is 870. The topological polar surface area (TPSA) is 78.9 Å². The third-order valence-corrected chi connectivity index (χ3v) is 11.5. The average molecular weight is 793 g/mol. The van der Waals surface area contributed by atoms with E-state index in [1.54, 1.807) is 0 Å². The van der Waals surface area contributed by atoms with Crippen molar-refractivity contribution in [3.8, 4) is 0 Å². The predicted octanol–water partition coefficient (Wildman–Crippen LogP) is 15.6. The summed E-state index contributed by atoms with van der Waals surface area (Å²) in [7, 11) is 0. The molecular weight excluding hydrogens is 697 g/mol. The van der Waals surface area contributed by atoms with Crippen molar-refractivity contribution in [3.05, 3.63) is 0 Å². The molecule has 0 saturated carbocycles. The van der Waals surface area contributed by atoms with Crippen LogP contribution < -0.4 is 0 Å². The molecule has 0 amide bonds. The monoisotopic (exact) mass is 793 g/mol. The molecule has 0 aromatic heterocycles. The van der Waals surface area contributed by atoms with Crippen LogP contribution in [0.25, 0.3) is 0 Å². The van der Waals surface area contributed by atoms with E-state index in [0.717, 1.165) is 75.5 Å². The van der Waals surface area contributed by atoms with E-state index in [1.165, 1.54) is 148 Å². The van der Waals surface area contributed by atoms with E-state index >= 15 is 0 Å². The van der Waals surface area contributed by atoms with Crippen molar-refractivity contribution in [2.75, 3.05) is 13.2 Å². The third kappa shape index (κ3) is 42.0. The van der Waals surface area contributed by atoms with Crippen LogP contribution in [0, 0.1) is 17.8 Å². The average Bonchev–Trinajstić information content (AvgIpc) is 3.16. The summed E-state index contributed by atoms with van der Waals surface area (Å²) in [6.45, 7) is 13.7. The lowest BCUT2D eigenvalue weighted by Crippen LogP contribution is -2.30. The highest BCUT2D eigenvalue weighted by molar-refractivity contribution is 5.71. The maximum absolute atomic E-state index is 12.7. The molecule has 0 rings (SSSR count). The summed E-state index contributed by atoms with van der Waals surface area (Å²) in [5, 5.41) is 0. The van der Waals surface area contributed by atoms with Gasteiger partial charge < -0.3 is 14.2 Å². The van der Waals surface area contributed by atoms with Gasteiger partial charge in [-0.15, -0.1) is 0 Å². The van der Waals surface area contributed by atoms with Gasteiger partial charge in [0.15, 0.2) is 6.10 Å². The van der Waals surface area contributed by atoms with E-state index in [1.807, 2.05) is 0 Å². The lowest BCUT2D eigenvalue weighted by molar-refractivity contribution is -0.167. The molecule has 56 heavy (non-hydrogen) atoms. The summed E-state index contributed by atoms with van der Waals surface area (Å²) in [5.74, 6) is 1.62. The van der Waals surface area contributed by atoms with Crippen molar-refractivity contribution < 1.29 is 28.6 Å². The molecule has 0 aliphatic rings. The first-order chi connectivity index (χ1) is 27.1. The number of hydrogen-bond acceptors (Lipinski definition) is 6. The first-order valence-electron chi connectivity index (χ1n) is 24.6. The fourth-order valence-corrected chi connectivity index (χ4v) is 7.38. The number of esters is 3. The van der Waals surface area contributed by atoms with Crippen molar-refractivity contribution >= 4 is 17.9 Å². The van der Waals surface area contributed by atoms with Gasteiger partial charge in [0, 0.05) is 19.3 Å². The van der Waals surface area contributed by atoms with Crippen LogP contribution in [0.3, 0.4) is 0 Å². The SMILES string of the molecule is CCC(C)CCCCCCCCCCC(=O)OC[C@H](COC(=O)CCCCCCCCCCCCCCC(C)C)OC(=O)CCCCCCCCCCC(C)C. The van der Waals surface area contributed by atoms with Gasteiger partial charge in [-0.25, -0.2) is 0 Å². The Morgan fingerprint density at radius 2 is 0.625 bits per heavy atom. The van der Waals surface area contributed by atoms with Crippen LogP contribution in [0.1, 0.15) is 266 Å². The van der Waals surface area contributed by atoms with Crippen LogP contribution in [-0.2, 0) is 28.6 Å². The summed E-state index contributed by atoms with van der Waals surface area (Å²) < 4.78 is 16.8. The summed E-state index contributed by atoms with van der Waals surface area (Å²) in [6.07, 6.45) is 39.4. The number of carbonyl (C=O) groups is 3. The molecule has 0 aromatic carbocycles. The van der Waals surface area contributed by atoms with E-state index in [-0.39, 0.29) is 31.1 Å². The fraction of sp³-hybridized carbons (Fsp3) is 0.940. The zero-order valence-electron chi connectivity index (χ0n) is 38.4. The second-order valence-electron chi connectivity index (χ2n) is 18.3. The number of ether oxygens (including phenoxy) is 3. The van der Waals surface area contributed by atoms with Crippen LogP contribution in [0.15, 0.2) is 0 Å². The molecular formula is C50H96O6. The number of carbonyl (C=O) groups excluding carboxylic acids is 3. The van der Waals surface area contributed by atoms with Gasteiger partial charge in [0.2, 0.25) is 0 Å². The summed E-state index contributed by atoms with van der Waals surface area (Å²) in [6, 6.07) is 0. The minimum absolute atomic E-state index is 0.0657. The van der Waals surface area contributed by atoms with Crippen LogP contribution in [-0.4, -0.2) is 37.2 Å². The van der Waals surface area contributed by atoms with Gasteiger partial charge in [0.1, 0.15) is 13.2 Å². The highest BCUT2D eigenvalue weighted by Gasteiger charge is 2.19. The molecule has 1 unspecified atom stereocenters. The molecule has 0 N–H and O–H groups in total. The Balaban J connectivity index is 4.32. The van der Waals surface area contributed by atoms with Gasteiger partial charge in [-0.1, -0.05) is 228 Å². The molecule has 6 nitrogen and oxygen atoms in total. The minimum Gasteiger partial charge on any atom is -0.462 e. The second kappa shape index (κ2) is 41.6. The molecule has 0 aromatic rings. The Morgan fingerprint density at radius 1 is 0.357 bits per heavy atom.